The Labute approximate surface area is 127 Å². The Morgan fingerprint density at radius 2 is 2.10 bits per heavy atom. The number of rotatable bonds is 9. The molecule has 0 spiro atoms. The molecule has 0 aliphatic heterocycles. The van der Waals surface area contributed by atoms with Crippen LogP contribution in [0.2, 0.25) is 0 Å². The summed E-state index contributed by atoms with van der Waals surface area (Å²) in [5.41, 5.74) is 1.98. The van der Waals surface area contributed by atoms with Crippen molar-refractivity contribution in [2.75, 3.05) is 30.5 Å². The Balaban J connectivity index is 2.72. The molecule has 0 fully saturated rings. The van der Waals surface area contributed by atoms with Gasteiger partial charge in [-0.1, -0.05) is 6.92 Å². The minimum Gasteiger partial charge on any atom is -0.372 e. The van der Waals surface area contributed by atoms with Crippen LogP contribution in [-0.2, 0) is 6.54 Å². The lowest BCUT2D eigenvalue weighted by Crippen LogP contribution is -2.29. The second kappa shape index (κ2) is 9.24. The van der Waals surface area contributed by atoms with Gasteiger partial charge in [0.25, 0.3) is 0 Å². The topological polar surface area (TPSA) is 15.3 Å². The summed E-state index contributed by atoms with van der Waals surface area (Å²) in [5, 5.41) is 3.32. The molecule has 114 valence electrons. The molecule has 1 aromatic carbocycles. The molecule has 0 heterocycles. The molecular weight excluding hydrogens is 271 g/mol. The summed E-state index contributed by atoms with van der Waals surface area (Å²) in [7, 11) is 2.04. The highest BCUT2D eigenvalue weighted by Gasteiger charge is 2.11. The van der Waals surface area contributed by atoms with Crippen LogP contribution in [0.15, 0.2) is 18.2 Å². The molecule has 4 heteroatoms. The van der Waals surface area contributed by atoms with E-state index in [1.165, 1.54) is 0 Å². The van der Waals surface area contributed by atoms with E-state index in [9.17, 15) is 4.39 Å². The van der Waals surface area contributed by atoms with Crippen molar-refractivity contribution >= 4 is 17.4 Å². The molecule has 1 aromatic rings. The highest BCUT2D eigenvalue weighted by atomic mass is 32.2. The molecule has 0 amide bonds. The summed E-state index contributed by atoms with van der Waals surface area (Å²) >= 11 is 1.85. The average molecular weight is 298 g/mol. The van der Waals surface area contributed by atoms with E-state index in [-0.39, 0.29) is 5.82 Å². The molecular formula is C16H27FN2S. The normalized spacial score (nSPS) is 12.4. The van der Waals surface area contributed by atoms with Crippen molar-refractivity contribution in [1.29, 1.82) is 0 Å². The van der Waals surface area contributed by atoms with E-state index in [2.05, 4.69) is 36.4 Å². The Hall–Kier alpha value is -0.740. The van der Waals surface area contributed by atoms with Crippen LogP contribution in [0.25, 0.3) is 0 Å². The predicted octanol–water partition coefficient (Wildman–Crippen LogP) is 3.90. The molecule has 0 bridgehead atoms. The number of benzene rings is 1. The molecule has 0 aromatic heterocycles. The largest absolute Gasteiger partial charge is 0.372 e. The van der Waals surface area contributed by atoms with Crippen LogP contribution in [-0.4, -0.2) is 31.6 Å². The van der Waals surface area contributed by atoms with Crippen molar-refractivity contribution < 1.29 is 4.39 Å². The lowest BCUT2D eigenvalue weighted by Gasteiger charge is -2.27. The second-order valence-electron chi connectivity index (χ2n) is 5.24. The Bertz CT molecular complexity index is 398. The first kappa shape index (κ1) is 17.3. The van der Waals surface area contributed by atoms with Gasteiger partial charge >= 0.3 is 0 Å². The van der Waals surface area contributed by atoms with Crippen LogP contribution in [0.5, 0.6) is 0 Å². The first-order valence-corrected chi connectivity index (χ1v) is 8.69. The van der Waals surface area contributed by atoms with E-state index in [1.54, 1.807) is 12.1 Å². The standard InChI is InChI=1S/C16H27FN2S/c1-5-7-18-12-14-9-15(17)11-16(10-14)19(3)13(2)6-8-20-4/h9-11,13,18H,5-8,12H2,1-4H3. The van der Waals surface area contributed by atoms with Gasteiger partial charge in [-0.05, 0) is 62.1 Å². The maximum atomic E-state index is 13.8. The van der Waals surface area contributed by atoms with Gasteiger partial charge in [-0.25, -0.2) is 4.39 Å². The van der Waals surface area contributed by atoms with Gasteiger partial charge in [0.05, 0.1) is 0 Å². The maximum Gasteiger partial charge on any atom is 0.125 e. The number of hydrogen-bond acceptors (Lipinski definition) is 3. The van der Waals surface area contributed by atoms with Crippen LogP contribution in [0.4, 0.5) is 10.1 Å². The predicted molar refractivity (Wildman–Crippen MR) is 89.3 cm³/mol. The third-order valence-corrected chi connectivity index (χ3v) is 4.15. The number of anilines is 1. The van der Waals surface area contributed by atoms with Crippen LogP contribution < -0.4 is 10.2 Å². The lowest BCUT2D eigenvalue weighted by molar-refractivity contribution is 0.614. The van der Waals surface area contributed by atoms with Crippen molar-refractivity contribution in [3.8, 4) is 0 Å². The molecule has 1 N–H and O–H groups in total. The third-order valence-electron chi connectivity index (χ3n) is 3.51. The number of halogens is 1. The summed E-state index contributed by atoms with van der Waals surface area (Å²) in [6.45, 7) is 6.01. The molecule has 2 nitrogen and oxygen atoms in total. The van der Waals surface area contributed by atoms with E-state index >= 15 is 0 Å². The minimum absolute atomic E-state index is 0.153. The van der Waals surface area contributed by atoms with Gasteiger partial charge in [0.1, 0.15) is 5.82 Å². The molecule has 1 rings (SSSR count). The molecule has 1 unspecified atom stereocenters. The summed E-state index contributed by atoms with van der Waals surface area (Å²) < 4.78 is 13.8. The Morgan fingerprint density at radius 1 is 1.35 bits per heavy atom. The number of nitrogens with zero attached hydrogens (tertiary/aromatic N) is 1. The highest BCUT2D eigenvalue weighted by Crippen LogP contribution is 2.21. The van der Waals surface area contributed by atoms with Crippen molar-refractivity contribution in [3.05, 3.63) is 29.6 Å². The zero-order chi connectivity index (χ0) is 15.0. The fourth-order valence-corrected chi connectivity index (χ4v) is 2.66. The summed E-state index contributed by atoms with van der Waals surface area (Å²) in [6.07, 6.45) is 4.32. The van der Waals surface area contributed by atoms with Crippen molar-refractivity contribution in [2.45, 2.75) is 39.3 Å². The van der Waals surface area contributed by atoms with Gasteiger partial charge < -0.3 is 10.2 Å². The quantitative estimate of drug-likeness (QED) is 0.696. The van der Waals surface area contributed by atoms with Gasteiger partial charge in [-0.15, -0.1) is 0 Å². The summed E-state index contributed by atoms with van der Waals surface area (Å²) in [4.78, 5) is 2.17. The van der Waals surface area contributed by atoms with E-state index in [4.69, 9.17) is 0 Å². The SMILES string of the molecule is CCCNCc1cc(F)cc(N(C)C(C)CCSC)c1. The smallest absolute Gasteiger partial charge is 0.125 e. The lowest BCUT2D eigenvalue weighted by atomic mass is 10.1. The van der Waals surface area contributed by atoms with E-state index < -0.39 is 0 Å². The molecule has 1 atom stereocenters. The molecule has 0 saturated heterocycles. The van der Waals surface area contributed by atoms with Gasteiger partial charge in [0.15, 0.2) is 0 Å². The number of hydrogen-bond donors (Lipinski definition) is 1. The Morgan fingerprint density at radius 3 is 2.75 bits per heavy atom. The molecule has 0 radical (unpaired) electrons. The zero-order valence-corrected chi connectivity index (χ0v) is 13.9. The highest BCUT2D eigenvalue weighted by molar-refractivity contribution is 7.98. The van der Waals surface area contributed by atoms with Gasteiger partial charge in [0, 0.05) is 25.3 Å². The zero-order valence-electron chi connectivity index (χ0n) is 13.1. The van der Waals surface area contributed by atoms with Crippen LogP contribution in [0.3, 0.4) is 0 Å². The number of thioether (sulfide) groups is 1. The monoisotopic (exact) mass is 298 g/mol. The molecule has 20 heavy (non-hydrogen) atoms. The molecule has 0 aliphatic carbocycles. The van der Waals surface area contributed by atoms with Gasteiger partial charge in [-0.2, -0.15) is 11.8 Å². The third kappa shape index (κ3) is 5.71. The van der Waals surface area contributed by atoms with Gasteiger partial charge in [0.2, 0.25) is 0 Å². The molecule has 0 saturated carbocycles. The van der Waals surface area contributed by atoms with Crippen LogP contribution >= 0.6 is 11.8 Å². The summed E-state index contributed by atoms with van der Waals surface area (Å²) in [5.74, 6) is 0.978. The average Bonchev–Trinajstić information content (AvgIpc) is 2.43. The first-order valence-electron chi connectivity index (χ1n) is 7.30. The fourth-order valence-electron chi connectivity index (χ4n) is 2.09. The summed E-state index contributed by atoms with van der Waals surface area (Å²) in [6, 6.07) is 5.74. The number of nitrogens with one attached hydrogen (secondary N) is 1. The van der Waals surface area contributed by atoms with Crippen molar-refractivity contribution in [1.82, 2.24) is 5.32 Å². The van der Waals surface area contributed by atoms with Crippen LogP contribution in [0.1, 0.15) is 32.3 Å². The van der Waals surface area contributed by atoms with Crippen molar-refractivity contribution in [3.63, 3.8) is 0 Å². The van der Waals surface area contributed by atoms with Gasteiger partial charge in [-0.3, -0.25) is 0 Å². The van der Waals surface area contributed by atoms with Crippen LogP contribution in [0, 0.1) is 5.82 Å². The van der Waals surface area contributed by atoms with E-state index in [0.29, 0.717) is 6.04 Å². The van der Waals surface area contributed by atoms with E-state index in [1.807, 2.05) is 18.8 Å². The van der Waals surface area contributed by atoms with Crippen molar-refractivity contribution in [2.24, 2.45) is 0 Å². The maximum absolute atomic E-state index is 13.8. The Kier molecular flexibility index (Phi) is 8.00. The van der Waals surface area contributed by atoms with E-state index in [0.717, 1.165) is 42.9 Å². The minimum atomic E-state index is -0.153. The fraction of sp³-hybridized carbons (Fsp3) is 0.625. The first-order chi connectivity index (χ1) is 9.58. The second-order valence-corrected chi connectivity index (χ2v) is 6.22. The molecule has 0 aliphatic rings.